The summed E-state index contributed by atoms with van der Waals surface area (Å²) in [5.41, 5.74) is 3.34. The van der Waals surface area contributed by atoms with Gasteiger partial charge in [0.2, 0.25) is 0 Å². The van der Waals surface area contributed by atoms with Gasteiger partial charge in [0.1, 0.15) is 0 Å². The summed E-state index contributed by atoms with van der Waals surface area (Å²) in [4.78, 5) is 30.5. The molecule has 1 aliphatic rings. The summed E-state index contributed by atoms with van der Waals surface area (Å²) in [5, 5.41) is 18.4. The van der Waals surface area contributed by atoms with Gasteiger partial charge in [-0.3, -0.25) is 4.79 Å². The second-order valence-electron chi connectivity index (χ2n) is 11.6. The van der Waals surface area contributed by atoms with Gasteiger partial charge in [0.15, 0.2) is 29.0 Å². The molecule has 0 fully saturated rings. The van der Waals surface area contributed by atoms with Crippen molar-refractivity contribution in [2.24, 2.45) is 0 Å². The van der Waals surface area contributed by atoms with Crippen LogP contribution in [0.5, 0.6) is 5.75 Å². The first-order valence-corrected chi connectivity index (χ1v) is 14.5. The Morgan fingerprint density at radius 3 is 2.60 bits per heavy atom. The van der Waals surface area contributed by atoms with Gasteiger partial charge in [-0.2, -0.15) is 5.10 Å². The number of benzene rings is 2. The highest BCUT2D eigenvalue weighted by Crippen LogP contribution is 2.41. The monoisotopic (exact) mass is 608 g/mol. The highest BCUT2D eigenvalue weighted by molar-refractivity contribution is 6.30. The van der Waals surface area contributed by atoms with Crippen LogP contribution in [-0.2, 0) is 22.4 Å². The van der Waals surface area contributed by atoms with E-state index in [4.69, 9.17) is 21.1 Å². The van der Waals surface area contributed by atoms with E-state index in [0.29, 0.717) is 59.2 Å². The van der Waals surface area contributed by atoms with Crippen molar-refractivity contribution < 1.29 is 28.6 Å². The summed E-state index contributed by atoms with van der Waals surface area (Å²) >= 11 is 5.96. The lowest BCUT2D eigenvalue weighted by Crippen LogP contribution is -2.29. The molecule has 0 saturated heterocycles. The van der Waals surface area contributed by atoms with E-state index < -0.39 is 29.4 Å². The van der Waals surface area contributed by atoms with Gasteiger partial charge >= 0.3 is 5.97 Å². The zero-order chi connectivity index (χ0) is 31.1. The molecular formula is C32H34ClFN4O5. The third-order valence-corrected chi connectivity index (χ3v) is 7.58. The van der Waals surface area contributed by atoms with Crippen LogP contribution in [0.15, 0.2) is 36.4 Å². The SMILES string of the molecule is Cc1nc2cc(C(=O)NCCc3ccc(Cl)cc3)nn2c(-c2cc(F)c3c(c2C)CCCO3)c1C(OC(C)(C)C)C(=O)O. The predicted molar refractivity (Wildman–Crippen MR) is 160 cm³/mol. The zero-order valence-electron chi connectivity index (χ0n) is 24.8. The standard InChI is InChI=1S/C32H34ClFN4O5/c1-17-21-7-6-14-42-28(21)23(34)15-22(17)27-26(29(31(40)41)43-32(3,4)5)18(2)36-25-16-24(37-38(25)27)30(39)35-13-12-19-8-10-20(33)11-9-19/h8-11,15-16,29H,6-7,12-14H2,1-5H3,(H,35,39)(H,40,41). The average molecular weight is 609 g/mol. The number of halogens is 2. The lowest BCUT2D eigenvalue weighted by atomic mass is 9.91. The molecule has 1 aliphatic heterocycles. The summed E-state index contributed by atoms with van der Waals surface area (Å²) in [5.74, 6) is -2.00. The minimum absolute atomic E-state index is 0.0874. The number of carboxylic acids is 1. The lowest BCUT2D eigenvalue weighted by molar-refractivity contribution is -0.160. The zero-order valence-corrected chi connectivity index (χ0v) is 25.5. The first kappa shape index (κ1) is 30.4. The fraction of sp³-hybridized carbons (Fsp3) is 0.375. The molecule has 0 saturated carbocycles. The molecule has 3 heterocycles. The van der Waals surface area contributed by atoms with Gasteiger partial charge < -0.3 is 19.9 Å². The average Bonchev–Trinajstić information content (AvgIpc) is 3.37. The molecule has 4 aromatic rings. The van der Waals surface area contributed by atoms with Crippen molar-refractivity contribution in [3.8, 4) is 17.0 Å². The molecule has 2 N–H and O–H groups in total. The van der Waals surface area contributed by atoms with E-state index in [2.05, 4.69) is 15.4 Å². The molecule has 11 heteroatoms. The smallest absolute Gasteiger partial charge is 0.337 e. The normalized spacial score (nSPS) is 13.8. The predicted octanol–water partition coefficient (Wildman–Crippen LogP) is 6.04. The third kappa shape index (κ3) is 6.35. The van der Waals surface area contributed by atoms with Crippen molar-refractivity contribution in [1.29, 1.82) is 0 Å². The molecule has 226 valence electrons. The quantitative estimate of drug-likeness (QED) is 0.250. The molecule has 0 bridgehead atoms. The first-order valence-electron chi connectivity index (χ1n) is 14.1. The van der Waals surface area contributed by atoms with Crippen LogP contribution in [0.2, 0.25) is 5.02 Å². The molecule has 0 radical (unpaired) electrons. The molecule has 1 amide bonds. The molecule has 0 aliphatic carbocycles. The Morgan fingerprint density at radius 2 is 1.93 bits per heavy atom. The summed E-state index contributed by atoms with van der Waals surface area (Å²) in [6.07, 6.45) is 0.475. The van der Waals surface area contributed by atoms with E-state index in [1.807, 2.05) is 19.1 Å². The number of ether oxygens (including phenoxy) is 2. The van der Waals surface area contributed by atoms with Crippen molar-refractivity contribution in [1.82, 2.24) is 19.9 Å². The van der Waals surface area contributed by atoms with Gasteiger partial charge in [0, 0.05) is 40.0 Å². The number of carbonyl (C=O) groups is 2. The van der Waals surface area contributed by atoms with E-state index in [1.165, 1.54) is 16.6 Å². The minimum Gasteiger partial charge on any atom is -0.490 e. The largest absolute Gasteiger partial charge is 0.490 e. The number of rotatable bonds is 8. The molecule has 1 atom stereocenters. The van der Waals surface area contributed by atoms with E-state index in [9.17, 15) is 14.7 Å². The number of amides is 1. The Balaban J connectivity index is 1.64. The summed E-state index contributed by atoms with van der Waals surface area (Å²) in [7, 11) is 0. The number of carbonyl (C=O) groups excluding carboxylic acids is 1. The number of aliphatic carboxylic acids is 1. The number of carboxylic acid groups (broad SMARTS) is 1. The lowest BCUT2D eigenvalue weighted by Gasteiger charge is -2.28. The number of aryl methyl sites for hydroxylation is 1. The van der Waals surface area contributed by atoms with Gasteiger partial charge in [0.05, 0.1) is 17.9 Å². The van der Waals surface area contributed by atoms with Crippen LogP contribution in [0.1, 0.15) is 71.7 Å². The van der Waals surface area contributed by atoms with Crippen LogP contribution < -0.4 is 10.1 Å². The number of fused-ring (bicyclic) bond motifs is 2. The van der Waals surface area contributed by atoms with E-state index in [-0.39, 0.29) is 17.0 Å². The summed E-state index contributed by atoms with van der Waals surface area (Å²) < 4.78 is 28.6. The van der Waals surface area contributed by atoms with Crippen LogP contribution in [0, 0.1) is 19.7 Å². The van der Waals surface area contributed by atoms with E-state index in [1.54, 1.807) is 39.8 Å². The van der Waals surface area contributed by atoms with Crippen molar-refractivity contribution >= 4 is 29.1 Å². The second kappa shape index (κ2) is 11.9. The van der Waals surface area contributed by atoms with Gasteiger partial charge in [-0.15, -0.1) is 0 Å². The van der Waals surface area contributed by atoms with Crippen LogP contribution in [0.3, 0.4) is 0 Å². The van der Waals surface area contributed by atoms with Crippen molar-refractivity contribution in [2.45, 2.75) is 65.6 Å². The maximum Gasteiger partial charge on any atom is 0.337 e. The summed E-state index contributed by atoms with van der Waals surface area (Å²) in [6.45, 7) is 9.56. The molecular weight excluding hydrogens is 575 g/mol. The van der Waals surface area contributed by atoms with Gasteiger partial charge in [-0.25, -0.2) is 18.7 Å². The molecule has 2 aromatic heterocycles. The molecule has 9 nitrogen and oxygen atoms in total. The summed E-state index contributed by atoms with van der Waals surface area (Å²) in [6, 6.07) is 10.2. The van der Waals surface area contributed by atoms with Crippen LogP contribution in [0.25, 0.3) is 16.9 Å². The Labute approximate surface area is 254 Å². The number of hydrogen-bond acceptors (Lipinski definition) is 6. The maximum absolute atomic E-state index is 15.5. The minimum atomic E-state index is -1.44. The van der Waals surface area contributed by atoms with Crippen molar-refractivity contribution in [3.05, 3.63) is 80.9 Å². The Morgan fingerprint density at radius 1 is 1.21 bits per heavy atom. The number of aromatic nitrogens is 3. The molecule has 43 heavy (non-hydrogen) atoms. The Hall–Kier alpha value is -4.02. The molecule has 2 aromatic carbocycles. The Bertz CT molecular complexity index is 1710. The van der Waals surface area contributed by atoms with E-state index >= 15 is 4.39 Å². The van der Waals surface area contributed by atoms with Gasteiger partial charge in [-0.05, 0) is 83.2 Å². The fourth-order valence-corrected chi connectivity index (χ4v) is 5.50. The Kier molecular flexibility index (Phi) is 8.45. The number of nitrogens with zero attached hydrogens (tertiary/aromatic N) is 3. The molecule has 5 rings (SSSR count). The maximum atomic E-state index is 15.5. The van der Waals surface area contributed by atoms with Crippen LogP contribution >= 0.6 is 11.6 Å². The third-order valence-electron chi connectivity index (χ3n) is 7.32. The van der Waals surface area contributed by atoms with Crippen LogP contribution in [-0.4, -0.2) is 50.3 Å². The fourth-order valence-electron chi connectivity index (χ4n) is 5.37. The van der Waals surface area contributed by atoms with Gasteiger partial charge in [-0.1, -0.05) is 23.7 Å². The highest BCUT2D eigenvalue weighted by Gasteiger charge is 2.35. The second-order valence-corrected chi connectivity index (χ2v) is 12.1. The molecule has 0 spiro atoms. The van der Waals surface area contributed by atoms with Crippen molar-refractivity contribution in [3.63, 3.8) is 0 Å². The van der Waals surface area contributed by atoms with Crippen LogP contribution in [0.4, 0.5) is 4.39 Å². The topological polar surface area (TPSA) is 115 Å². The molecule has 1 unspecified atom stereocenters. The highest BCUT2D eigenvalue weighted by atomic mass is 35.5. The first-order chi connectivity index (χ1) is 20.3. The van der Waals surface area contributed by atoms with E-state index in [0.717, 1.165) is 17.5 Å². The number of hydrogen-bond donors (Lipinski definition) is 2. The van der Waals surface area contributed by atoms with Crippen molar-refractivity contribution in [2.75, 3.05) is 13.2 Å². The number of nitrogens with one attached hydrogen (secondary N) is 1. The van der Waals surface area contributed by atoms with Gasteiger partial charge in [0.25, 0.3) is 5.91 Å².